The van der Waals surface area contributed by atoms with Crippen LogP contribution in [0, 0.1) is 13.8 Å². The van der Waals surface area contributed by atoms with Crippen molar-refractivity contribution >= 4 is 5.97 Å². The van der Waals surface area contributed by atoms with Gasteiger partial charge in [0.15, 0.2) is 6.61 Å². The molecule has 0 saturated carbocycles. The van der Waals surface area contributed by atoms with Crippen molar-refractivity contribution in [3.8, 4) is 28.3 Å². The fourth-order valence-electron chi connectivity index (χ4n) is 4.76. The summed E-state index contributed by atoms with van der Waals surface area (Å²) in [5.41, 5.74) is 5.80. The summed E-state index contributed by atoms with van der Waals surface area (Å²) in [5, 5.41) is 11.5. The van der Waals surface area contributed by atoms with Gasteiger partial charge in [-0.25, -0.2) is 4.79 Å². The standard InChI is InChI=1S/C31H30N4O5/c1-4-39-24(36)17-40-23-15-13-20(14-16-23)25(26-28(32-34-30(26)37)21-9-5-18(2)6-10-21)27-29(33-35-31(27)38)22-11-7-19(3)8-12-22/h5-16,25H,4,17H2,1-3H3,(H2,32,34,37)(H2,33,35,38). The zero-order chi connectivity index (χ0) is 28.2. The summed E-state index contributed by atoms with van der Waals surface area (Å²) in [6, 6.07) is 22.6. The van der Waals surface area contributed by atoms with Gasteiger partial charge >= 0.3 is 5.97 Å². The predicted molar refractivity (Wildman–Crippen MR) is 153 cm³/mol. The zero-order valence-corrected chi connectivity index (χ0v) is 22.5. The maximum absolute atomic E-state index is 13.4. The second-order valence-corrected chi connectivity index (χ2v) is 9.56. The van der Waals surface area contributed by atoms with Gasteiger partial charge in [0.2, 0.25) is 0 Å². The molecule has 0 atom stereocenters. The van der Waals surface area contributed by atoms with Crippen LogP contribution in [0.4, 0.5) is 0 Å². The fraction of sp³-hybridized carbons (Fsp3) is 0.194. The van der Waals surface area contributed by atoms with Gasteiger partial charge < -0.3 is 9.47 Å². The summed E-state index contributed by atoms with van der Waals surface area (Å²) in [5.74, 6) is -0.747. The summed E-state index contributed by atoms with van der Waals surface area (Å²) in [6.45, 7) is 5.76. The van der Waals surface area contributed by atoms with Crippen LogP contribution in [0.15, 0.2) is 82.4 Å². The highest BCUT2D eigenvalue weighted by Gasteiger charge is 2.31. The number of rotatable bonds is 9. The summed E-state index contributed by atoms with van der Waals surface area (Å²) < 4.78 is 10.5. The number of nitrogens with one attached hydrogen (secondary N) is 4. The van der Waals surface area contributed by atoms with E-state index in [0.29, 0.717) is 33.8 Å². The molecular weight excluding hydrogens is 508 g/mol. The van der Waals surface area contributed by atoms with Gasteiger partial charge in [0, 0.05) is 5.92 Å². The second kappa shape index (κ2) is 11.4. The molecule has 0 unspecified atom stereocenters. The van der Waals surface area contributed by atoms with Crippen LogP contribution in [-0.4, -0.2) is 39.6 Å². The van der Waals surface area contributed by atoms with Gasteiger partial charge in [-0.1, -0.05) is 71.8 Å². The third kappa shape index (κ3) is 5.40. The van der Waals surface area contributed by atoms with E-state index in [1.54, 1.807) is 31.2 Å². The van der Waals surface area contributed by atoms with Crippen LogP contribution in [0.25, 0.3) is 22.5 Å². The smallest absolute Gasteiger partial charge is 0.344 e. The number of benzene rings is 3. The van der Waals surface area contributed by atoms with E-state index in [4.69, 9.17) is 9.47 Å². The minimum Gasteiger partial charge on any atom is -0.482 e. The van der Waals surface area contributed by atoms with Gasteiger partial charge in [-0.2, -0.15) is 0 Å². The number of H-pyrrole nitrogens is 4. The van der Waals surface area contributed by atoms with E-state index in [-0.39, 0.29) is 24.3 Å². The first-order valence-corrected chi connectivity index (χ1v) is 13.0. The molecule has 2 aromatic heterocycles. The van der Waals surface area contributed by atoms with Gasteiger partial charge in [0.25, 0.3) is 11.1 Å². The number of ether oxygens (including phenoxy) is 2. The Bertz CT molecular complexity index is 1630. The molecule has 2 heterocycles. The monoisotopic (exact) mass is 538 g/mol. The molecular formula is C31H30N4O5. The Labute approximate surface area is 230 Å². The first-order valence-electron chi connectivity index (χ1n) is 13.0. The van der Waals surface area contributed by atoms with Crippen LogP contribution in [0.1, 0.15) is 40.7 Å². The lowest BCUT2D eigenvalue weighted by Crippen LogP contribution is -2.20. The highest BCUT2D eigenvalue weighted by atomic mass is 16.6. The molecule has 0 radical (unpaired) electrons. The number of carbonyl (C=O) groups excluding carboxylic acids is 1. The molecule has 0 amide bonds. The number of carbonyl (C=O) groups is 1. The molecule has 0 aliphatic rings. The molecule has 5 aromatic rings. The molecule has 40 heavy (non-hydrogen) atoms. The van der Waals surface area contributed by atoms with Crippen LogP contribution in [-0.2, 0) is 9.53 Å². The summed E-state index contributed by atoms with van der Waals surface area (Å²) in [6.07, 6.45) is 0. The minimum atomic E-state index is -0.739. The summed E-state index contributed by atoms with van der Waals surface area (Å²) in [7, 11) is 0. The first-order chi connectivity index (χ1) is 19.4. The Balaban J connectivity index is 1.66. The molecule has 9 heteroatoms. The maximum atomic E-state index is 13.4. The van der Waals surface area contributed by atoms with E-state index in [0.717, 1.165) is 22.3 Å². The van der Waals surface area contributed by atoms with E-state index < -0.39 is 11.9 Å². The van der Waals surface area contributed by atoms with E-state index in [9.17, 15) is 14.4 Å². The van der Waals surface area contributed by atoms with Gasteiger partial charge in [-0.15, -0.1) is 0 Å². The van der Waals surface area contributed by atoms with Gasteiger partial charge in [-0.3, -0.25) is 30.0 Å². The number of aromatic nitrogens is 4. The van der Waals surface area contributed by atoms with Crippen LogP contribution in [0.3, 0.4) is 0 Å². The van der Waals surface area contributed by atoms with E-state index in [2.05, 4.69) is 20.4 Å². The SMILES string of the molecule is CCOC(=O)COc1ccc(C(c2c(-c3ccc(C)cc3)[nH][nH]c2=O)c2c(-c3ccc(C)cc3)[nH][nH]c2=O)cc1. The van der Waals surface area contributed by atoms with Crippen molar-refractivity contribution in [3.05, 3.63) is 121 Å². The average Bonchev–Trinajstić information content (AvgIpc) is 3.52. The zero-order valence-electron chi connectivity index (χ0n) is 22.5. The molecule has 0 saturated heterocycles. The van der Waals surface area contributed by atoms with E-state index in [1.807, 2.05) is 62.4 Å². The predicted octanol–water partition coefficient (Wildman–Crippen LogP) is 4.79. The maximum Gasteiger partial charge on any atom is 0.344 e. The van der Waals surface area contributed by atoms with Crippen LogP contribution in [0.2, 0.25) is 0 Å². The Kier molecular flexibility index (Phi) is 7.54. The van der Waals surface area contributed by atoms with Crippen molar-refractivity contribution < 1.29 is 14.3 Å². The van der Waals surface area contributed by atoms with Gasteiger partial charge in [0.1, 0.15) is 5.75 Å². The molecule has 0 spiro atoms. The lowest BCUT2D eigenvalue weighted by atomic mass is 9.83. The van der Waals surface area contributed by atoms with E-state index >= 15 is 0 Å². The molecule has 0 fully saturated rings. The molecule has 0 aliphatic heterocycles. The third-order valence-electron chi connectivity index (χ3n) is 6.76. The lowest BCUT2D eigenvalue weighted by Gasteiger charge is -2.18. The molecule has 0 aliphatic carbocycles. The average molecular weight is 539 g/mol. The highest BCUT2D eigenvalue weighted by molar-refractivity contribution is 5.72. The van der Waals surface area contributed by atoms with Crippen molar-refractivity contribution in [2.75, 3.05) is 13.2 Å². The van der Waals surface area contributed by atoms with E-state index in [1.165, 1.54) is 0 Å². The molecule has 4 N–H and O–H groups in total. The van der Waals surface area contributed by atoms with Crippen LogP contribution < -0.4 is 15.9 Å². The number of hydrogen-bond acceptors (Lipinski definition) is 5. The molecule has 3 aromatic carbocycles. The molecule has 5 rings (SSSR count). The fourth-order valence-corrected chi connectivity index (χ4v) is 4.76. The number of esters is 1. The van der Waals surface area contributed by atoms with Crippen molar-refractivity contribution in [2.45, 2.75) is 26.7 Å². The van der Waals surface area contributed by atoms with Gasteiger partial charge in [-0.05, 0) is 49.6 Å². The van der Waals surface area contributed by atoms with Crippen molar-refractivity contribution in [1.29, 1.82) is 0 Å². The van der Waals surface area contributed by atoms with Crippen molar-refractivity contribution in [3.63, 3.8) is 0 Å². The lowest BCUT2D eigenvalue weighted by molar-refractivity contribution is -0.145. The quantitative estimate of drug-likeness (QED) is 0.200. The normalized spacial score (nSPS) is 11.1. The largest absolute Gasteiger partial charge is 0.482 e. The molecule has 9 nitrogen and oxygen atoms in total. The van der Waals surface area contributed by atoms with Gasteiger partial charge in [0.05, 0.1) is 29.1 Å². The Hall–Kier alpha value is -5.05. The number of hydrogen-bond donors (Lipinski definition) is 4. The summed E-state index contributed by atoms with van der Waals surface area (Å²) in [4.78, 5) is 38.6. The Morgan fingerprint density at radius 3 is 1.62 bits per heavy atom. The van der Waals surface area contributed by atoms with Crippen molar-refractivity contribution in [2.24, 2.45) is 0 Å². The first kappa shape index (κ1) is 26.6. The Morgan fingerprint density at radius 2 is 1.18 bits per heavy atom. The third-order valence-corrected chi connectivity index (χ3v) is 6.76. The number of aromatic amines is 4. The second-order valence-electron chi connectivity index (χ2n) is 9.56. The highest BCUT2D eigenvalue weighted by Crippen LogP contribution is 2.38. The Morgan fingerprint density at radius 1 is 0.700 bits per heavy atom. The molecule has 0 bridgehead atoms. The summed E-state index contributed by atoms with van der Waals surface area (Å²) >= 11 is 0. The topological polar surface area (TPSA) is 133 Å². The van der Waals surface area contributed by atoms with Crippen LogP contribution in [0.5, 0.6) is 5.75 Å². The number of aryl methyl sites for hydroxylation is 2. The minimum absolute atomic E-state index is 0.222. The van der Waals surface area contributed by atoms with Crippen LogP contribution >= 0.6 is 0 Å². The van der Waals surface area contributed by atoms with Crippen molar-refractivity contribution in [1.82, 2.24) is 20.4 Å². The molecule has 204 valence electrons.